The number of hydrogen-bond acceptors (Lipinski definition) is 4. The van der Waals surface area contributed by atoms with Gasteiger partial charge in [-0.15, -0.1) is 0 Å². The van der Waals surface area contributed by atoms with Gasteiger partial charge in [0.15, 0.2) is 0 Å². The van der Waals surface area contributed by atoms with Crippen LogP contribution in [0.15, 0.2) is 35.4 Å². The van der Waals surface area contributed by atoms with Crippen molar-refractivity contribution in [3.63, 3.8) is 0 Å². The van der Waals surface area contributed by atoms with Crippen molar-refractivity contribution < 1.29 is 14.3 Å². The van der Waals surface area contributed by atoms with Gasteiger partial charge in [0, 0.05) is 13.7 Å². The Bertz CT molecular complexity index is 418. The number of benzene rings is 1. The minimum Gasteiger partial charge on any atom is -0.383 e. The third-order valence-corrected chi connectivity index (χ3v) is 1.98. The fourth-order valence-electron chi connectivity index (χ4n) is 1.10. The highest BCUT2D eigenvalue weighted by Crippen LogP contribution is 1.92. The molecule has 2 N–H and O–H groups in total. The van der Waals surface area contributed by atoms with E-state index < -0.39 is 11.8 Å². The molecular weight excluding hydrogens is 234 g/mol. The first-order valence-corrected chi connectivity index (χ1v) is 5.39. The largest absolute Gasteiger partial charge is 0.383 e. The van der Waals surface area contributed by atoms with E-state index >= 15 is 0 Å². The first kappa shape index (κ1) is 13.9. The van der Waals surface area contributed by atoms with Gasteiger partial charge in [-0.3, -0.25) is 9.59 Å². The zero-order valence-electron chi connectivity index (χ0n) is 10.1. The molecule has 0 aliphatic rings. The van der Waals surface area contributed by atoms with Gasteiger partial charge in [0.2, 0.25) is 0 Å². The van der Waals surface area contributed by atoms with Gasteiger partial charge in [0.25, 0.3) is 0 Å². The van der Waals surface area contributed by atoms with Crippen LogP contribution in [0.25, 0.3) is 0 Å². The molecule has 0 aromatic heterocycles. The molecule has 18 heavy (non-hydrogen) atoms. The van der Waals surface area contributed by atoms with Crippen molar-refractivity contribution in [3.8, 4) is 0 Å². The van der Waals surface area contributed by atoms with Gasteiger partial charge in [-0.25, -0.2) is 5.43 Å². The fourth-order valence-corrected chi connectivity index (χ4v) is 1.10. The first-order valence-electron chi connectivity index (χ1n) is 5.39. The van der Waals surface area contributed by atoms with E-state index in [1.807, 2.05) is 30.3 Å². The molecule has 0 aliphatic carbocycles. The van der Waals surface area contributed by atoms with Crippen LogP contribution in [-0.2, 0) is 14.3 Å². The maximum atomic E-state index is 11.2. The van der Waals surface area contributed by atoms with Crippen LogP contribution >= 0.6 is 0 Å². The number of carbonyl (C=O) groups is 2. The number of nitrogens with one attached hydrogen (secondary N) is 2. The summed E-state index contributed by atoms with van der Waals surface area (Å²) in [5, 5.41) is 6.06. The van der Waals surface area contributed by atoms with Crippen LogP contribution in [0.3, 0.4) is 0 Å². The number of ether oxygens (including phenoxy) is 1. The van der Waals surface area contributed by atoms with Crippen LogP contribution in [0.4, 0.5) is 0 Å². The number of methoxy groups -OCH3 is 1. The summed E-state index contributed by atoms with van der Waals surface area (Å²) in [6.07, 6.45) is 1.46. The standard InChI is InChI=1S/C12H15N3O3/c1-18-8-7-13-11(16)12(17)15-14-9-10-5-3-2-4-6-10/h2-6,9H,7-8H2,1H3,(H,13,16)(H,15,17)/b14-9+. The number of amides is 2. The number of hydrazone groups is 1. The number of hydrogen-bond donors (Lipinski definition) is 2. The first-order chi connectivity index (χ1) is 8.74. The van der Waals surface area contributed by atoms with Crippen LogP contribution < -0.4 is 10.7 Å². The van der Waals surface area contributed by atoms with Gasteiger partial charge in [0.1, 0.15) is 0 Å². The molecule has 0 atom stereocenters. The van der Waals surface area contributed by atoms with E-state index in [2.05, 4.69) is 15.8 Å². The Labute approximate surface area is 105 Å². The van der Waals surface area contributed by atoms with Crippen LogP contribution in [0.1, 0.15) is 5.56 Å². The van der Waals surface area contributed by atoms with E-state index in [-0.39, 0.29) is 6.54 Å². The predicted molar refractivity (Wildman–Crippen MR) is 67.1 cm³/mol. The molecule has 0 radical (unpaired) electrons. The van der Waals surface area contributed by atoms with E-state index in [1.54, 1.807) is 0 Å². The Morgan fingerprint density at radius 2 is 2.00 bits per heavy atom. The molecule has 96 valence electrons. The molecule has 1 aromatic carbocycles. The number of nitrogens with zero attached hydrogens (tertiary/aromatic N) is 1. The van der Waals surface area contributed by atoms with E-state index in [0.717, 1.165) is 5.56 Å². The molecule has 0 unspecified atom stereocenters. The summed E-state index contributed by atoms with van der Waals surface area (Å²) in [4.78, 5) is 22.5. The lowest BCUT2D eigenvalue weighted by Gasteiger charge is -2.02. The van der Waals surface area contributed by atoms with E-state index in [1.165, 1.54) is 13.3 Å². The molecule has 6 nitrogen and oxygen atoms in total. The lowest BCUT2D eigenvalue weighted by atomic mass is 10.2. The highest BCUT2D eigenvalue weighted by Gasteiger charge is 2.10. The zero-order chi connectivity index (χ0) is 13.2. The van der Waals surface area contributed by atoms with E-state index in [9.17, 15) is 9.59 Å². The van der Waals surface area contributed by atoms with Crippen molar-refractivity contribution in [2.45, 2.75) is 0 Å². The Kier molecular flexibility index (Phi) is 6.13. The molecule has 1 rings (SSSR count). The smallest absolute Gasteiger partial charge is 0.329 e. The monoisotopic (exact) mass is 249 g/mol. The number of rotatable bonds is 5. The molecule has 2 amide bonds. The van der Waals surface area contributed by atoms with Crippen molar-refractivity contribution in [1.82, 2.24) is 10.7 Å². The minimum atomic E-state index is -0.807. The van der Waals surface area contributed by atoms with Crippen LogP contribution in [0, 0.1) is 0 Å². The number of carbonyl (C=O) groups excluding carboxylic acids is 2. The fraction of sp³-hybridized carbons (Fsp3) is 0.250. The molecule has 0 bridgehead atoms. The Hall–Kier alpha value is -2.21. The Balaban J connectivity index is 2.32. The van der Waals surface area contributed by atoms with Crippen molar-refractivity contribution in [2.75, 3.05) is 20.3 Å². The summed E-state index contributed by atoms with van der Waals surface area (Å²) in [5.41, 5.74) is 2.97. The van der Waals surface area contributed by atoms with Crippen LogP contribution in [0.2, 0.25) is 0 Å². The molecule has 6 heteroatoms. The average Bonchev–Trinajstić information content (AvgIpc) is 2.40. The third-order valence-electron chi connectivity index (χ3n) is 1.98. The van der Waals surface area contributed by atoms with Crippen molar-refractivity contribution >= 4 is 18.0 Å². The molecule has 0 saturated heterocycles. The van der Waals surface area contributed by atoms with E-state index in [0.29, 0.717) is 6.61 Å². The Morgan fingerprint density at radius 3 is 2.67 bits per heavy atom. The highest BCUT2D eigenvalue weighted by molar-refractivity contribution is 6.35. The molecule has 0 aliphatic heterocycles. The second-order valence-corrected chi connectivity index (χ2v) is 3.36. The second kappa shape index (κ2) is 7.97. The Morgan fingerprint density at radius 1 is 1.28 bits per heavy atom. The summed E-state index contributed by atoms with van der Waals surface area (Å²) in [6.45, 7) is 0.636. The normalized spacial score (nSPS) is 10.3. The summed E-state index contributed by atoms with van der Waals surface area (Å²) >= 11 is 0. The summed E-state index contributed by atoms with van der Waals surface area (Å²) in [6, 6.07) is 9.23. The average molecular weight is 249 g/mol. The second-order valence-electron chi connectivity index (χ2n) is 3.36. The zero-order valence-corrected chi connectivity index (χ0v) is 10.1. The molecule has 1 aromatic rings. The highest BCUT2D eigenvalue weighted by atomic mass is 16.5. The molecular formula is C12H15N3O3. The molecule has 0 spiro atoms. The molecule has 0 heterocycles. The minimum absolute atomic E-state index is 0.283. The summed E-state index contributed by atoms with van der Waals surface area (Å²) in [7, 11) is 1.51. The van der Waals surface area contributed by atoms with Crippen molar-refractivity contribution in [3.05, 3.63) is 35.9 Å². The summed E-state index contributed by atoms with van der Waals surface area (Å²) in [5.74, 6) is -1.55. The summed E-state index contributed by atoms with van der Waals surface area (Å²) < 4.78 is 4.73. The van der Waals surface area contributed by atoms with Crippen molar-refractivity contribution in [2.24, 2.45) is 5.10 Å². The van der Waals surface area contributed by atoms with E-state index in [4.69, 9.17) is 4.74 Å². The molecule has 0 saturated carbocycles. The predicted octanol–water partition coefficient (Wildman–Crippen LogP) is -0.101. The topological polar surface area (TPSA) is 79.8 Å². The van der Waals surface area contributed by atoms with Crippen LogP contribution in [-0.4, -0.2) is 38.3 Å². The van der Waals surface area contributed by atoms with Crippen molar-refractivity contribution in [1.29, 1.82) is 0 Å². The van der Waals surface area contributed by atoms with Gasteiger partial charge in [0.05, 0.1) is 12.8 Å². The van der Waals surface area contributed by atoms with Gasteiger partial charge in [-0.05, 0) is 5.56 Å². The van der Waals surface area contributed by atoms with Gasteiger partial charge in [-0.2, -0.15) is 5.10 Å². The molecule has 0 fully saturated rings. The third kappa shape index (κ3) is 5.22. The lowest BCUT2D eigenvalue weighted by Crippen LogP contribution is -2.39. The van der Waals surface area contributed by atoms with Gasteiger partial charge < -0.3 is 10.1 Å². The quantitative estimate of drug-likeness (QED) is 0.331. The lowest BCUT2D eigenvalue weighted by molar-refractivity contribution is -0.139. The van der Waals surface area contributed by atoms with Gasteiger partial charge >= 0.3 is 11.8 Å². The van der Waals surface area contributed by atoms with Crippen LogP contribution in [0.5, 0.6) is 0 Å². The maximum Gasteiger partial charge on any atom is 0.329 e. The van der Waals surface area contributed by atoms with Gasteiger partial charge in [-0.1, -0.05) is 30.3 Å². The SMILES string of the molecule is COCCNC(=O)C(=O)N/N=C/c1ccccc1. The maximum absolute atomic E-state index is 11.2.